The third kappa shape index (κ3) is 3.87. The van der Waals surface area contributed by atoms with E-state index in [0.717, 1.165) is 18.7 Å². The van der Waals surface area contributed by atoms with E-state index >= 15 is 0 Å². The van der Waals surface area contributed by atoms with E-state index in [-0.39, 0.29) is 5.54 Å². The molecular formula is C16H26N2O. The Morgan fingerprint density at radius 1 is 1.26 bits per heavy atom. The molecule has 3 heteroatoms. The van der Waals surface area contributed by atoms with Crippen molar-refractivity contribution in [3.8, 4) is 5.75 Å². The van der Waals surface area contributed by atoms with Crippen LogP contribution in [0.1, 0.15) is 38.5 Å². The number of anilines is 1. The fraction of sp³-hybridized carbons (Fsp3) is 0.625. The van der Waals surface area contributed by atoms with Gasteiger partial charge < -0.3 is 15.4 Å². The van der Waals surface area contributed by atoms with Crippen LogP contribution in [0.15, 0.2) is 24.3 Å². The van der Waals surface area contributed by atoms with Gasteiger partial charge >= 0.3 is 0 Å². The Bertz CT molecular complexity index is 399. The first kappa shape index (κ1) is 14.2. The van der Waals surface area contributed by atoms with Crippen LogP contribution >= 0.6 is 0 Å². The second kappa shape index (κ2) is 6.29. The number of ether oxygens (including phenoxy) is 1. The first-order valence-electron chi connectivity index (χ1n) is 7.27. The Labute approximate surface area is 116 Å². The Morgan fingerprint density at radius 2 is 2.00 bits per heavy atom. The molecule has 0 unspecified atom stereocenters. The molecule has 1 aliphatic rings. The monoisotopic (exact) mass is 262 g/mol. The lowest BCUT2D eigenvalue weighted by atomic mass is 9.80. The summed E-state index contributed by atoms with van der Waals surface area (Å²) < 4.78 is 5.27. The number of rotatable bonds is 5. The summed E-state index contributed by atoms with van der Waals surface area (Å²) in [5, 5.41) is 0. The minimum Gasteiger partial charge on any atom is -0.497 e. The van der Waals surface area contributed by atoms with Gasteiger partial charge in [0.15, 0.2) is 0 Å². The van der Waals surface area contributed by atoms with Gasteiger partial charge in [0, 0.05) is 30.9 Å². The highest BCUT2D eigenvalue weighted by Gasteiger charge is 2.27. The molecule has 1 fully saturated rings. The summed E-state index contributed by atoms with van der Waals surface area (Å²) in [4.78, 5) is 2.27. The fourth-order valence-electron chi connectivity index (χ4n) is 2.87. The number of hydrogen-bond donors (Lipinski definition) is 1. The summed E-state index contributed by atoms with van der Waals surface area (Å²) >= 11 is 0. The van der Waals surface area contributed by atoms with Crippen LogP contribution in [-0.4, -0.2) is 26.2 Å². The Morgan fingerprint density at radius 3 is 2.68 bits per heavy atom. The number of nitrogens with zero attached hydrogens (tertiary/aromatic N) is 1. The van der Waals surface area contributed by atoms with E-state index in [1.165, 1.54) is 37.8 Å². The minimum absolute atomic E-state index is 0.0609. The van der Waals surface area contributed by atoms with Gasteiger partial charge in [-0.15, -0.1) is 0 Å². The Hall–Kier alpha value is -1.22. The van der Waals surface area contributed by atoms with Crippen LogP contribution in [0.2, 0.25) is 0 Å². The first-order chi connectivity index (χ1) is 9.13. The van der Waals surface area contributed by atoms with Crippen molar-refractivity contribution in [3.63, 3.8) is 0 Å². The van der Waals surface area contributed by atoms with E-state index < -0.39 is 0 Å². The highest BCUT2D eigenvalue weighted by molar-refractivity contribution is 5.50. The quantitative estimate of drug-likeness (QED) is 0.885. The molecule has 19 heavy (non-hydrogen) atoms. The Balaban J connectivity index is 1.91. The van der Waals surface area contributed by atoms with Crippen molar-refractivity contribution < 1.29 is 4.74 Å². The summed E-state index contributed by atoms with van der Waals surface area (Å²) in [5.74, 6) is 0.907. The van der Waals surface area contributed by atoms with Crippen LogP contribution in [0.5, 0.6) is 5.75 Å². The number of hydrogen-bond acceptors (Lipinski definition) is 3. The predicted molar refractivity (Wildman–Crippen MR) is 80.9 cm³/mol. The summed E-state index contributed by atoms with van der Waals surface area (Å²) in [5.41, 5.74) is 7.74. The van der Waals surface area contributed by atoms with Gasteiger partial charge in [0.25, 0.3) is 0 Å². The second-order valence-corrected chi connectivity index (χ2v) is 5.80. The van der Waals surface area contributed by atoms with Crippen LogP contribution in [-0.2, 0) is 0 Å². The molecule has 0 atom stereocenters. The molecule has 106 valence electrons. The van der Waals surface area contributed by atoms with Gasteiger partial charge in [0.2, 0.25) is 0 Å². The normalized spacial score (nSPS) is 18.1. The molecule has 0 heterocycles. The highest BCUT2D eigenvalue weighted by atomic mass is 16.5. The van der Waals surface area contributed by atoms with Crippen molar-refractivity contribution in [1.29, 1.82) is 0 Å². The van der Waals surface area contributed by atoms with Crippen molar-refractivity contribution in [3.05, 3.63) is 24.3 Å². The Kier molecular flexibility index (Phi) is 4.70. The van der Waals surface area contributed by atoms with Crippen LogP contribution in [0.25, 0.3) is 0 Å². The van der Waals surface area contributed by atoms with E-state index in [0.29, 0.717) is 0 Å². The molecular weight excluding hydrogens is 236 g/mol. The average Bonchev–Trinajstić information content (AvgIpc) is 2.46. The molecule has 0 aromatic heterocycles. The summed E-state index contributed by atoms with van der Waals surface area (Å²) in [6.07, 6.45) is 7.36. The predicted octanol–water partition coefficient (Wildman–Crippen LogP) is 3.18. The van der Waals surface area contributed by atoms with E-state index in [9.17, 15) is 0 Å². The topological polar surface area (TPSA) is 38.5 Å². The molecule has 0 radical (unpaired) electrons. The maximum atomic E-state index is 6.49. The van der Waals surface area contributed by atoms with Gasteiger partial charge in [-0.05, 0) is 31.4 Å². The lowest BCUT2D eigenvalue weighted by molar-refractivity contribution is 0.280. The molecule has 0 bridgehead atoms. The van der Waals surface area contributed by atoms with Gasteiger partial charge in [0.1, 0.15) is 5.75 Å². The number of benzene rings is 1. The van der Waals surface area contributed by atoms with E-state index in [1.807, 2.05) is 12.1 Å². The molecule has 2 N–H and O–H groups in total. The van der Waals surface area contributed by atoms with E-state index in [4.69, 9.17) is 10.5 Å². The number of nitrogens with two attached hydrogens (primary N) is 1. The molecule has 2 rings (SSSR count). The van der Waals surface area contributed by atoms with Gasteiger partial charge in [0.05, 0.1) is 7.11 Å². The molecule has 0 saturated heterocycles. The van der Waals surface area contributed by atoms with E-state index in [2.05, 4.69) is 24.1 Å². The lowest BCUT2D eigenvalue weighted by Crippen LogP contribution is -2.44. The van der Waals surface area contributed by atoms with Gasteiger partial charge in [-0.3, -0.25) is 0 Å². The third-order valence-electron chi connectivity index (χ3n) is 4.29. The van der Waals surface area contributed by atoms with Crippen molar-refractivity contribution >= 4 is 5.69 Å². The van der Waals surface area contributed by atoms with Crippen LogP contribution in [0.3, 0.4) is 0 Å². The highest BCUT2D eigenvalue weighted by Crippen LogP contribution is 2.29. The summed E-state index contributed by atoms with van der Waals surface area (Å²) in [6.45, 7) is 1.00. The van der Waals surface area contributed by atoms with Crippen molar-refractivity contribution in [2.24, 2.45) is 5.73 Å². The van der Waals surface area contributed by atoms with Crippen molar-refractivity contribution in [2.75, 3.05) is 25.6 Å². The standard InChI is InChI=1S/C16H26N2O/c1-18(14-7-6-8-15(13-14)19-2)12-11-16(17)9-4-3-5-10-16/h6-8,13H,3-5,9-12,17H2,1-2H3. The molecule has 1 aliphatic carbocycles. The van der Waals surface area contributed by atoms with Crippen LogP contribution in [0, 0.1) is 0 Å². The molecule has 0 amide bonds. The first-order valence-corrected chi connectivity index (χ1v) is 7.27. The maximum Gasteiger partial charge on any atom is 0.120 e. The van der Waals surface area contributed by atoms with Crippen molar-refractivity contribution in [1.82, 2.24) is 0 Å². The van der Waals surface area contributed by atoms with E-state index in [1.54, 1.807) is 7.11 Å². The molecule has 0 spiro atoms. The molecule has 1 saturated carbocycles. The smallest absolute Gasteiger partial charge is 0.120 e. The second-order valence-electron chi connectivity index (χ2n) is 5.80. The van der Waals surface area contributed by atoms with Gasteiger partial charge in [-0.25, -0.2) is 0 Å². The molecule has 1 aromatic carbocycles. The van der Waals surface area contributed by atoms with Crippen LogP contribution < -0.4 is 15.4 Å². The fourth-order valence-corrected chi connectivity index (χ4v) is 2.87. The zero-order valence-corrected chi connectivity index (χ0v) is 12.2. The third-order valence-corrected chi connectivity index (χ3v) is 4.29. The summed E-state index contributed by atoms with van der Waals surface area (Å²) in [7, 11) is 3.83. The molecule has 0 aliphatic heterocycles. The van der Waals surface area contributed by atoms with Gasteiger partial charge in [-0.1, -0.05) is 25.3 Å². The zero-order chi connectivity index (χ0) is 13.7. The average molecular weight is 262 g/mol. The largest absolute Gasteiger partial charge is 0.497 e. The molecule has 1 aromatic rings. The zero-order valence-electron chi connectivity index (χ0n) is 12.2. The minimum atomic E-state index is 0.0609. The molecule has 3 nitrogen and oxygen atoms in total. The lowest BCUT2D eigenvalue weighted by Gasteiger charge is -2.35. The van der Waals surface area contributed by atoms with Gasteiger partial charge in [-0.2, -0.15) is 0 Å². The number of methoxy groups -OCH3 is 1. The maximum absolute atomic E-state index is 6.49. The van der Waals surface area contributed by atoms with Crippen molar-refractivity contribution in [2.45, 2.75) is 44.1 Å². The summed E-state index contributed by atoms with van der Waals surface area (Å²) in [6, 6.07) is 8.20. The SMILES string of the molecule is COc1cccc(N(C)CCC2(N)CCCCC2)c1. The van der Waals surface area contributed by atoms with Crippen LogP contribution in [0.4, 0.5) is 5.69 Å².